The highest BCUT2D eigenvalue weighted by atomic mass is 16.2. The van der Waals surface area contributed by atoms with Gasteiger partial charge in [-0.3, -0.25) is 9.89 Å². The Balaban J connectivity index is 1.79. The Bertz CT molecular complexity index is 645. The minimum atomic E-state index is -0.0741. The molecular weight excluding hydrogens is 264 g/mol. The molecule has 0 aliphatic heterocycles. The van der Waals surface area contributed by atoms with Crippen LogP contribution in [0.15, 0.2) is 24.3 Å². The van der Waals surface area contributed by atoms with Gasteiger partial charge in [-0.1, -0.05) is 36.8 Å². The molecular formula is C16H20N4O. The third-order valence-electron chi connectivity index (χ3n) is 3.74. The van der Waals surface area contributed by atoms with Crippen molar-refractivity contribution >= 4 is 5.91 Å². The van der Waals surface area contributed by atoms with Crippen LogP contribution in [0.25, 0.3) is 0 Å². The van der Waals surface area contributed by atoms with Crippen LogP contribution >= 0.6 is 0 Å². The summed E-state index contributed by atoms with van der Waals surface area (Å²) in [5, 5.41) is 6.86. The summed E-state index contributed by atoms with van der Waals surface area (Å²) in [4.78, 5) is 18.8. The van der Waals surface area contributed by atoms with E-state index in [9.17, 15) is 4.79 Å². The van der Waals surface area contributed by atoms with Crippen LogP contribution in [0.2, 0.25) is 0 Å². The van der Waals surface area contributed by atoms with Crippen LogP contribution in [-0.4, -0.2) is 32.0 Å². The molecule has 110 valence electrons. The van der Waals surface area contributed by atoms with E-state index in [1.54, 1.807) is 0 Å². The van der Waals surface area contributed by atoms with Crippen LogP contribution in [0.5, 0.6) is 0 Å². The Kier molecular flexibility index (Phi) is 3.73. The van der Waals surface area contributed by atoms with Gasteiger partial charge in [0.15, 0.2) is 0 Å². The number of carbonyl (C=O) groups excluding carboxylic acids is 1. The minimum absolute atomic E-state index is 0.0741. The molecule has 21 heavy (non-hydrogen) atoms. The molecule has 0 spiro atoms. The van der Waals surface area contributed by atoms with Crippen LogP contribution in [0.4, 0.5) is 0 Å². The molecule has 1 N–H and O–H groups in total. The van der Waals surface area contributed by atoms with Gasteiger partial charge in [-0.2, -0.15) is 0 Å². The number of H-pyrrole nitrogens is 1. The predicted octanol–water partition coefficient (Wildman–Crippen LogP) is 2.48. The highest BCUT2D eigenvalue weighted by Crippen LogP contribution is 2.29. The van der Waals surface area contributed by atoms with Crippen LogP contribution < -0.4 is 0 Å². The first-order valence-corrected chi connectivity index (χ1v) is 7.45. The maximum absolute atomic E-state index is 12.6. The smallest absolute Gasteiger partial charge is 0.294 e. The first kappa shape index (κ1) is 13.8. The van der Waals surface area contributed by atoms with Gasteiger partial charge in [0.1, 0.15) is 5.82 Å². The van der Waals surface area contributed by atoms with Gasteiger partial charge in [0.2, 0.25) is 5.82 Å². The molecule has 1 aliphatic carbocycles. The molecule has 5 heteroatoms. The average Bonchev–Trinajstić information content (AvgIpc) is 3.20. The van der Waals surface area contributed by atoms with Crippen LogP contribution in [-0.2, 0) is 13.0 Å². The number of carbonyl (C=O) groups is 1. The van der Waals surface area contributed by atoms with E-state index >= 15 is 0 Å². The van der Waals surface area contributed by atoms with Crippen molar-refractivity contribution in [1.29, 1.82) is 0 Å². The highest BCUT2D eigenvalue weighted by molar-refractivity contribution is 5.90. The van der Waals surface area contributed by atoms with Gasteiger partial charge in [-0.25, -0.2) is 4.98 Å². The van der Waals surface area contributed by atoms with Gasteiger partial charge in [0.05, 0.1) is 0 Å². The second kappa shape index (κ2) is 5.68. The highest BCUT2D eigenvalue weighted by Gasteiger charge is 2.34. The lowest BCUT2D eigenvalue weighted by molar-refractivity contribution is 0.0717. The summed E-state index contributed by atoms with van der Waals surface area (Å²) in [7, 11) is 0. The number of hydrogen-bond donors (Lipinski definition) is 1. The van der Waals surface area contributed by atoms with Crippen molar-refractivity contribution < 1.29 is 4.79 Å². The fraction of sp³-hybridized carbons (Fsp3) is 0.438. The number of rotatable bonds is 5. The molecule has 1 aromatic carbocycles. The Hall–Kier alpha value is -2.17. The molecule has 0 bridgehead atoms. The van der Waals surface area contributed by atoms with Crippen molar-refractivity contribution in [3.05, 3.63) is 47.0 Å². The Morgan fingerprint density at radius 2 is 2.24 bits per heavy atom. The average molecular weight is 284 g/mol. The van der Waals surface area contributed by atoms with E-state index < -0.39 is 0 Å². The first-order chi connectivity index (χ1) is 10.2. The summed E-state index contributed by atoms with van der Waals surface area (Å²) in [6.07, 6.45) is 2.90. The molecule has 0 radical (unpaired) electrons. The molecule has 0 saturated heterocycles. The standard InChI is InChI=1S/C16H20N4O/c1-3-14-17-15(19-18-14)16(21)20(13-7-8-13)10-12-6-4-5-11(2)9-12/h4-6,9,13H,3,7-8,10H2,1-2H3,(H,17,18,19). The quantitative estimate of drug-likeness (QED) is 0.917. The fourth-order valence-electron chi connectivity index (χ4n) is 2.44. The maximum atomic E-state index is 12.6. The van der Waals surface area contributed by atoms with Crippen LogP contribution in [0.1, 0.15) is 47.3 Å². The van der Waals surface area contributed by atoms with Crippen molar-refractivity contribution in [2.75, 3.05) is 0 Å². The first-order valence-electron chi connectivity index (χ1n) is 7.45. The number of aryl methyl sites for hydroxylation is 2. The summed E-state index contributed by atoms with van der Waals surface area (Å²) in [5.74, 6) is 0.964. The van der Waals surface area contributed by atoms with E-state index in [0.29, 0.717) is 12.6 Å². The van der Waals surface area contributed by atoms with Gasteiger partial charge in [-0.05, 0) is 25.3 Å². The summed E-state index contributed by atoms with van der Waals surface area (Å²) in [6.45, 7) is 4.68. The molecule has 5 nitrogen and oxygen atoms in total. The molecule has 1 aliphatic rings. The van der Waals surface area contributed by atoms with Crippen LogP contribution in [0, 0.1) is 6.92 Å². The van der Waals surface area contributed by atoms with Crippen molar-refractivity contribution in [3.8, 4) is 0 Å². The third-order valence-corrected chi connectivity index (χ3v) is 3.74. The van der Waals surface area contributed by atoms with Crippen molar-refractivity contribution in [3.63, 3.8) is 0 Å². The zero-order valence-electron chi connectivity index (χ0n) is 12.5. The molecule has 1 aromatic heterocycles. The van der Waals surface area contributed by atoms with E-state index in [-0.39, 0.29) is 11.7 Å². The number of aromatic amines is 1. The van der Waals surface area contributed by atoms with Gasteiger partial charge in [0.25, 0.3) is 5.91 Å². The van der Waals surface area contributed by atoms with Crippen LogP contribution in [0.3, 0.4) is 0 Å². The molecule has 2 aromatic rings. The molecule has 1 amide bonds. The number of nitrogens with one attached hydrogen (secondary N) is 1. The number of nitrogens with zero attached hydrogens (tertiary/aromatic N) is 3. The van der Waals surface area contributed by atoms with E-state index in [1.807, 2.05) is 17.9 Å². The summed E-state index contributed by atoms with van der Waals surface area (Å²) < 4.78 is 0. The largest absolute Gasteiger partial charge is 0.329 e. The summed E-state index contributed by atoms with van der Waals surface area (Å²) in [6, 6.07) is 8.61. The van der Waals surface area contributed by atoms with Gasteiger partial charge >= 0.3 is 0 Å². The number of aromatic nitrogens is 3. The second-order valence-corrected chi connectivity index (χ2v) is 5.61. The predicted molar refractivity (Wildman–Crippen MR) is 79.8 cm³/mol. The zero-order chi connectivity index (χ0) is 14.8. The summed E-state index contributed by atoms with van der Waals surface area (Å²) in [5.41, 5.74) is 2.36. The van der Waals surface area contributed by atoms with Crippen molar-refractivity contribution in [2.24, 2.45) is 0 Å². The summed E-state index contributed by atoms with van der Waals surface area (Å²) >= 11 is 0. The Morgan fingerprint density at radius 1 is 1.43 bits per heavy atom. The lowest BCUT2D eigenvalue weighted by atomic mass is 10.1. The topological polar surface area (TPSA) is 61.9 Å². The van der Waals surface area contributed by atoms with Crippen molar-refractivity contribution in [2.45, 2.75) is 45.7 Å². The Labute approximate surface area is 124 Å². The molecule has 1 heterocycles. The van der Waals surface area contributed by atoms with Gasteiger partial charge < -0.3 is 4.90 Å². The van der Waals surface area contributed by atoms with E-state index in [2.05, 4.69) is 40.3 Å². The normalized spacial score (nSPS) is 14.2. The van der Waals surface area contributed by atoms with Gasteiger partial charge in [0, 0.05) is 19.0 Å². The van der Waals surface area contributed by atoms with E-state index in [4.69, 9.17) is 0 Å². The van der Waals surface area contributed by atoms with E-state index in [0.717, 1.165) is 30.7 Å². The molecule has 1 saturated carbocycles. The number of benzene rings is 1. The van der Waals surface area contributed by atoms with Gasteiger partial charge in [-0.15, -0.1) is 5.10 Å². The third kappa shape index (κ3) is 3.12. The minimum Gasteiger partial charge on any atom is -0.329 e. The molecule has 0 atom stereocenters. The van der Waals surface area contributed by atoms with Crippen molar-refractivity contribution in [1.82, 2.24) is 20.1 Å². The molecule has 3 rings (SSSR count). The second-order valence-electron chi connectivity index (χ2n) is 5.61. The van der Waals surface area contributed by atoms with E-state index in [1.165, 1.54) is 5.56 Å². The SMILES string of the molecule is CCc1nc(C(=O)N(Cc2cccc(C)c2)C2CC2)n[nH]1. The lowest BCUT2D eigenvalue weighted by Gasteiger charge is -2.21. The number of amides is 1. The fourth-order valence-corrected chi connectivity index (χ4v) is 2.44. The maximum Gasteiger partial charge on any atom is 0.294 e. The lowest BCUT2D eigenvalue weighted by Crippen LogP contribution is -2.33. The molecule has 0 unspecified atom stereocenters. The molecule has 1 fully saturated rings. The monoisotopic (exact) mass is 284 g/mol. The Morgan fingerprint density at radius 3 is 2.86 bits per heavy atom. The number of hydrogen-bond acceptors (Lipinski definition) is 3. The zero-order valence-corrected chi connectivity index (χ0v) is 12.5.